The molecule has 0 saturated heterocycles. The van der Waals surface area contributed by atoms with Crippen LogP contribution in [0.4, 0.5) is 24.7 Å². The van der Waals surface area contributed by atoms with E-state index >= 15 is 0 Å². The molecule has 5 rings (SSSR count). The van der Waals surface area contributed by atoms with Crippen LogP contribution in [0.5, 0.6) is 0 Å². The van der Waals surface area contributed by atoms with Crippen molar-refractivity contribution in [2.45, 2.75) is 31.5 Å². The summed E-state index contributed by atoms with van der Waals surface area (Å²) in [6, 6.07) is 18.9. The average molecular weight is 581 g/mol. The van der Waals surface area contributed by atoms with E-state index in [1.54, 1.807) is 24.3 Å². The molecule has 3 aromatic carbocycles. The van der Waals surface area contributed by atoms with Gasteiger partial charge in [0.2, 0.25) is 0 Å². The van der Waals surface area contributed by atoms with Crippen molar-refractivity contribution in [2.24, 2.45) is 0 Å². The molecule has 2 heterocycles. The molecule has 0 radical (unpaired) electrons. The first kappa shape index (κ1) is 28.1. The second kappa shape index (κ2) is 11.6. The Bertz CT molecular complexity index is 1590. The summed E-state index contributed by atoms with van der Waals surface area (Å²) >= 11 is 5.92. The number of alkyl halides is 3. The number of hydrogen-bond donors (Lipinski definition) is 2. The van der Waals surface area contributed by atoms with Gasteiger partial charge in [0.25, 0.3) is 5.91 Å². The number of hydrogen-bond acceptors (Lipinski definition) is 5. The van der Waals surface area contributed by atoms with Crippen LogP contribution in [-0.2, 0) is 23.8 Å². The highest BCUT2D eigenvalue weighted by Crippen LogP contribution is 2.35. The van der Waals surface area contributed by atoms with Gasteiger partial charge in [-0.3, -0.25) is 4.79 Å². The molecule has 4 aromatic rings. The van der Waals surface area contributed by atoms with E-state index in [0.717, 1.165) is 36.2 Å². The molecule has 0 spiro atoms. The number of nitrogens with one attached hydrogen (secondary N) is 1. The number of para-hydroxylation sites is 1. The number of anilines is 2. The van der Waals surface area contributed by atoms with Crippen LogP contribution in [0, 0.1) is 0 Å². The van der Waals surface area contributed by atoms with Gasteiger partial charge in [-0.25, -0.2) is 14.8 Å². The van der Waals surface area contributed by atoms with Gasteiger partial charge in [0.05, 0.1) is 5.56 Å². The van der Waals surface area contributed by atoms with Crippen molar-refractivity contribution < 1.29 is 27.9 Å². The molecule has 41 heavy (non-hydrogen) atoms. The molecule has 0 unspecified atom stereocenters. The fourth-order valence-corrected chi connectivity index (χ4v) is 4.84. The van der Waals surface area contributed by atoms with Gasteiger partial charge in [0.15, 0.2) is 5.82 Å². The summed E-state index contributed by atoms with van der Waals surface area (Å²) in [6.45, 7) is 0.561. The lowest BCUT2D eigenvalue weighted by molar-refractivity contribution is -0.139. The van der Waals surface area contributed by atoms with Crippen LogP contribution >= 0.6 is 11.6 Å². The summed E-state index contributed by atoms with van der Waals surface area (Å²) < 4.78 is 40.4. The van der Waals surface area contributed by atoms with Crippen molar-refractivity contribution in [1.82, 2.24) is 15.3 Å². The van der Waals surface area contributed by atoms with Crippen LogP contribution in [0.15, 0.2) is 78.9 Å². The van der Waals surface area contributed by atoms with E-state index < -0.39 is 29.7 Å². The minimum Gasteiger partial charge on any atom is -0.480 e. The van der Waals surface area contributed by atoms with Gasteiger partial charge in [-0.1, -0.05) is 54.1 Å². The molecule has 1 aliphatic rings. The van der Waals surface area contributed by atoms with Crippen LogP contribution in [0.2, 0.25) is 5.02 Å². The zero-order valence-electron chi connectivity index (χ0n) is 21.5. The van der Waals surface area contributed by atoms with Crippen molar-refractivity contribution in [1.29, 1.82) is 0 Å². The Balaban J connectivity index is 1.54. The zero-order chi connectivity index (χ0) is 29.1. The Morgan fingerprint density at radius 2 is 1.76 bits per heavy atom. The molecule has 1 aromatic heterocycles. The summed E-state index contributed by atoms with van der Waals surface area (Å²) in [6.07, 6.45) is -2.97. The number of halogens is 4. The molecule has 7 nitrogen and oxygen atoms in total. The van der Waals surface area contributed by atoms with Crippen LogP contribution < -0.4 is 10.2 Å². The lowest BCUT2D eigenvalue weighted by Gasteiger charge is -2.30. The Labute approximate surface area is 238 Å². The maximum absolute atomic E-state index is 13.5. The van der Waals surface area contributed by atoms with E-state index in [2.05, 4.69) is 15.3 Å². The first-order valence-electron chi connectivity index (χ1n) is 12.8. The largest absolute Gasteiger partial charge is 0.480 e. The van der Waals surface area contributed by atoms with Crippen LogP contribution in [0.3, 0.4) is 0 Å². The van der Waals surface area contributed by atoms with E-state index in [0.29, 0.717) is 22.9 Å². The van der Waals surface area contributed by atoms with E-state index in [4.69, 9.17) is 11.6 Å². The van der Waals surface area contributed by atoms with Crippen molar-refractivity contribution >= 4 is 35.0 Å². The highest BCUT2D eigenvalue weighted by molar-refractivity contribution is 6.30. The van der Waals surface area contributed by atoms with Crippen LogP contribution in [-0.4, -0.2) is 39.5 Å². The molecule has 11 heteroatoms. The second-order valence-electron chi connectivity index (χ2n) is 9.59. The normalized spacial score (nSPS) is 13.8. The topological polar surface area (TPSA) is 95.4 Å². The third kappa shape index (κ3) is 6.49. The Hall–Kier alpha value is -4.44. The fraction of sp³-hybridized carbons (Fsp3) is 0.200. The summed E-state index contributed by atoms with van der Waals surface area (Å²) in [5, 5.41) is 12.8. The lowest BCUT2D eigenvalue weighted by Crippen LogP contribution is -2.42. The van der Waals surface area contributed by atoms with Crippen LogP contribution in [0.25, 0.3) is 11.4 Å². The molecule has 0 bridgehead atoms. The van der Waals surface area contributed by atoms with Gasteiger partial charge in [-0.05, 0) is 54.3 Å². The van der Waals surface area contributed by atoms with Crippen molar-refractivity contribution in [3.8, 4) is 11.4 Å². The molecule has 0 aliphatic carbocycles. The third-order valence-electron chi connectivity index (χ3n) is 6.74. The molecule has 210 valence electrons. The minimum absolute atomic E-state index is 0.0177. The second-order valence-corrected chi connectivity index (χ2v) is 10.0. The molecule has 1 amide bonds. The number of aromatic nitrogens is 2. The monoisotopic (exact) mass is 580 g/mol. The predicted molar refractivity (Wildman–Crippen MR) is 148 cm³/mol. The highest BCUT2D eigenvalue weighted by atomic mass is 35.5. The third-order valence-corrected chi connectivity index (χ3v) is 6.99. The molecule has 2 N–H and O–H groups in total. The lowest BCUT2D eigenvalue weighted by atomic mass is 10.0. The number of carbonyl (C=O) groups is 2. The molecule has 1 aliphatic heterocycles. The average Bonchev–Trinajstić information content (AvgIpc) is 2.97. The number of rotatable bonds is 7. The Morgan fingerprint density at radius 1 is 1.00 bits per heavy atom. The molecular weight excluding hydrogens is 557 g/mol. The van der Waals surface area contributed by atoms with E-state index in [-0.39, 0.29) is 23.5 Å². The van der Waals surface area contributed by atoms with Crippen molar-refractivity contribution in [3.05, 3.63) is 106 Å². The molecule has 1 atom stereocenters. The zero-order valence-corrected chi connectivity index (χ0v) is 22.3. The number of carboxylic acid groups (broad SMARTS) is 1. The summed E-state index contributed by atoms with van der Waals surface area (Å²) in [5.41, 5.74) is 1.58. The standard InChI is InChI=1S/C30H24ClF3N4O3/c31-22-12-10-18(11-13-22)15-24(29(40)41)36-28(39)23-17-26(38-14-4-7-19-5-1-2-9-25(19)38)37-27(35-23)20-6-3-8-21(16-20)30(32,33)34/h1-3,5-6,8-13,16-17,24H,4,7,14-15H2,(H,36,39)(H,40,41)/t24-/m1/s1. The Kier molecular flexibility index (Phi) is 7.94. The van der Waals surface area contributed by atoms with Gasteiger partial charge in [-0.2, -0.15) is 13.2 Å². The smallest absolute Gasteiger partial charge is 0.416 e. The maximum atomic E-state index is 13.5. The minimum atomic E-state index is -4.59. The van der Waals surface area contributed by atoms with E-state index in [1.807, 2.05) is 29.2 Å². The number of aryl methyl sites for hydroxylation is 1. The highest BCUT2D eigenvalue weighted by Gasteiger charge is 2.31. The van der Waals surface area contributed by atoms with E-state index in [1.165, 1.54) is 18.2 Å². The number of fused-ring (bicyclic) bond motifs is 1. The van der Waals surface area contributed by atoms with Gasteiger partial charge < -0.3 is 15.3 Å². The van der Waals surface area contributed by atoms with E-state index in [9.17, 15) is 27.9 Å². The van der Waals surface area contributed by atoms with Crippen molar-refractivity contribution in [2.75, 3.05) is 11.4 Å². The predicted octanol–water partition coefficient (Wildman–Crippen LogP) is 6.33. The maximum Gasteiger partial charge on any atom is 0.416 e. The number of amides is 1. The quantitative estimate of drug-likeness (QED) is 0.265. The van der Waals surface area contributed by atoms with Gasteiger partial charge in [0.1, 0.15) is 17.6 Å². The summed E-state index contributed by atoms with van der Waals surface area (Å²) in [5.74, 6) is -1.83. The van der Waals surface area contributed by atoms with Crippen molar-refractivity contribution in [3.63, 3.8) is 0 Å². The Morgan fingerprint density at radius 3 is 2.49 bits per heavy atom. The van der Waals surface area contributed by atoms with Gasteiger partial charge >= 0.3 is 12.1 Å². The number of carboxylic acids is 1. The fourth-order valence-electron chi connectivity index (χ4n) is 4.71. The molecule has 0 saturated carbocycles. The number of aliphatic carboxylic acids is 1. The first-order valence-corrected chi connectivity index (χ1v) is 13.2. The number of nitrogens with zero attached hydrogens (tertiary/aromatic N) is 3. The number of carbonyl (C=O) groups excluding carboxylic acids is 1. The SMILES string of the molecule is O=C(N[C@H](Cc1ccc(Cl)cc1)C(=O)O)c1cc(N2CCCc3ccccc32)nc(-c2cccc(C(F)(F)F)c2)n1. The summed E-state index contributed by atoms with van der Waals surface area (Å²) in [4.78, 5) is 36.2. The summed E-state index contributed by atoms with van der Waals surface area (Å²) in [7, 11) is 0. The van der Waals surface area contributed by atoms with Crippen LogP contribution in [0.1, 0.15) is 33.6 Å². The van der Waals surface area contributed by atoms with Gasteiger partial charge in [-0.15, -0.1) is 0 Å². The first-order chi connectivity index (χ1) is 19.6. The molecular formula is C30H24ClF3N4O3. The molecule has 0 fully saturated rings. The number of benzene rings is 3. The van der Waals surface area contributed by atoms with Gasteiger partial charge in [0, 0.05) is 35.3 Å².